The predicted molar refractivity (Wildman–Crippen MR) is 103 cm³/mol. The van der Waals surface area contributed by atoms with Gasteiger partial charge in [0.15, 0.2) is 0 Å². The molecule has 8 nitrogen and oxygen atoms in total. The smallest absolute Gasteiger partial charge is 0.253 e. The third-order valence-corrected chi connectivity index (χ3v) is 6.82. The van der Waals surface area contributed by atoms with E-state index in [1.54, 1.807) is 17.0 Å². The maximum atomic E-state index is 12.7. The largest absolute Gasteiger partial charge is 0.352 e. The van der Waals surface area contributed by atoms with Gasteiger partial charge in [0.25, 0.3) is 5.91 Å². The van der Waals surface area contributed by atoms with Crippen molar-refractivity contribution >= 4 is 21.8 Å². The van der Waals surface area contributed by atoms with Gasteiger partial charge in [-0.2, -0.15) is 0 Å². The van der Waals surface area contributed by atoms with Crippen LogP contribution in [-0.2, 0) is 14.8 Å². The molecule has 0 atom stereocenters. The first-order chi connectivity index (χ1) is 13.4. The highest BCUT2D eigenvalue weighted by Gasteiger charge is 2.29. The molecule has 28 heavy (non-hydrogen) atoms. The fourth-order valence-electron chi connectivity index (χ4n) is 3.26. The number of carbonyl (C=O) groups is 2. The molecular formula is C19H26N4O4S. The summed E-state index contributed by atoms with van der Waals surface area (Å²) in [6.07, 6.45) is 3.91. The zero-order chi connectivity index (χ0) is 19.7. The van der Waals surface area contributed by atoms with Crippen LogP contribution in [0.15, 0.2) is 29.2 Å². The first kappa shape index (κ1) is 19.4. The Morgan fingerprint density at radius 1 is 0.929 bits per heavy atom. The highest BCUT2D eigenvalue weighted by molar-refractivity contribution is 7.89. The van der Waals surface area contributed by atoms with Crippen molar-refractivity contribution in [2.24, 2.45) is 0 Å². The molecule has 152 valence electrons. The Kier molecular flexibility index (Phi) is 5.39. The van der Waals surface area contributed by atoms with E-state index in [9.17, 15) is 18.0 Å². The molecule has 0 aromatic heterocycles. The number of amides is 2. The van der Waals surface area contributed by atoms with E-state index in [1.807, 2.05) is 0 Å². The zero-order valence-electron chi connectivity index (χ0n) is 15.8. The molecule has 0 spiro atoms. The van der Waals surface area contributed by atoms with Crippen molar-refractivity contribution in [3.63, 3.8) is 0 Å². The lowest BCUT2D eigenvalue weighted by atomic mass is 10.2. The Hall–Kier alpha value is -1.97. The first-order valence-electron chi connectivity index (χ1n) is 9.84. The van der Waals surface area contributed by atoms with E-state index < -0.39 is 10.0 Å². The van der Waals surface area contributed by atoms with Crippen molar-refractivity contribution in [3.8, 4) is 0 Å². The lowest BCUT2D eigenvalue weighted by Crippen LogP contribution is -2.51. The maximum absolute atomic E-state index is 12.7. The number of benzene rings is 1. The Morgan fingerprint density at radius 3 is 2.11 bits per heavy atom. The van der Waals surface area contributed by atoms with Gasteiger partial charge in [-0.1, -0.05) is 0 Å². The van der Waals surface area contributed by atoms with E-state index in [-0.39, 0.29) is 22.8 Å². The molecule has 2 N–H and O–H groups in total. The van der Waals surface area contributed by atoms with Gasteiger partial charge >= 0.3 is 0 Å². The van der Waals surface area contributed by atoms with Gasteiger partial charge in [0.2, 0.25) is 15.9 Å². The highest BCUT2D eigenvalue weighted by atomic mass is 32.2. The molecule has 3 fully saturated rings. The Balaban J connectivity index is 1.29. The van der Waals surface area contributed by atoms with Gasteiger partial charge in [-0.25, -0.2) is 13.1 Å². The SMILES string of the molecule is O=C(CN1CCN(C(=O)c2ccc(S(=O)(=O)NC3CC3)cc2)CC1)NC1CC1. The van der Waals surface area contributed by atoms with E-state index in [2.05, 4.69) is 14.9 Å². The van der Waals surface area contributed by atoms with Gasteiger partial charge in [0.05, 0.1) is 11.4 Å². The second-order valence-corrected chi connectivity index (χ2v) is 9.54. The van der Waals surface area contributed by atoms with Gasteiger partial charge in [-0.15, -0.1) is 0 Å². The van der Waals surface area contributed by atoms with Crippen molar-refractivity contribution in [3.05, 3.63) is 29.8 Å². The number of piperazine rings is 1. The van der Waals surface area contributed by atoms with Gasteiger partial charge in [0, 0.05) is 43.8 Å². The van der Waals surface area contributed by atoms with Crippen LogP contribution in [0.3, 0.4) is 0 Å². The van der Waals surface area contributed by atoms with Crippen molar-refractivity contribution < 1.29 is 18.0 Å². The van der Waals surface area contributed by atoms with E-state index in [4.69, 9.17) is 0 Å². The lowest BCUT2D eigenvalue weighted by molar-refractivity contribution is -0.122. The van der Waals surface area contributed by atoms with E-state index in [0.29, 0.717) is 44.3 Å². The summed E-state index contributed by atoms with van der Waals surface area (Å²) in [5.74, 6) is -0.0555. The second-order valence-electron chi connectivity index (χ2n) is 7.83. The summed E-state index contributed by atoms with van der Waals surface area (Å²) in [6.45, 7) is 2.79. The van der Waals surface area contributed by atoms with E-state index >= 15 is 0 Å². The van der Waals surface area contributed by atoms with Crippen LogP contribution in [0.4, 0.5) is 0 Å². The molecule has 1 heterocycles. The third-order valence-electron chi connectivity index (χ3n) is 5.28. The van der Waals surface area contributed by atoms with Crippen LogP contribution in [0, 0.1) is 0 Å². The minimum absolute atomic E-state index is 0.0500. The second kappa shape index (κ2) is 7.81. The molecule has 0 unspecified atom stereocenters. The number of nitrogens with one attached hydrogen (secondary N) is 2. The molecule has 4 rings (SSSR count). The van der Waals surface area contributed by atoms with Crippen LogP contribution in [0.1, 0.15) is 36.0 Å². The summed E-state index contributed by atoms with van der Waals surface area (Å²) >= 11 is 0. The van der Waals surface area contributed by atoms with Crippen molar-refractivity contribution in [2.45, 2.75) is 42.7 Å². The number of rotatable bonds is 7. The summed E-state index contributed by atoms with van der Waals surface area (Å²) in [7, 11) is -3.51. The Morgan fingerprint density at radius 2 is 1.54 bits per heavy atom. The molecule has 0 bridgehead atoms. The summed E-state index contributed by atoms with van der Waals surface area (Å²) in [4.78, 5) is 28.6. The van der Waals surface area contributed by atoms with Crippen molar-refractivity contribution in [1.29, 1.82) is 0 Å². The summed E-state index contributed by atoms with van der Waals surface area (Å²) in [6, 6.07) is 6.52. The standard InChI is InChI=1S/C19H26N4O4S/c24-18(20-15-3-4-15)13-22-9-11-23(12-10-22)19(25)14-1-7-17(8-2-14)28(26,27)21-16-5-6-16/h1-2,7-8,15-16,21H,3-6,9-13H2,(H,20,24). The molecule has 2 aliphatic carbocycles. The maximum Gasteiger partial charge on any atom is 0.253 e. The molecular weight excluding hydrogens is 380 g/mol. The minimum atomic E-state index is -3.51. The number of sulfonamides is 1. The fraction of sp³-hybridized carbons (Fsp3) is 0.579. The molecule has 2 amide bonds. The van der Waals surface area contributed by atoms with Gasteiger partial charge < -0.3 is 10.2 Å². The summed E-state index contributed by atoms with van der Waals surface area (Å²) < 4.78 is 27.1. The average Bonchev–Trinajstić information content (AvgIpc) is 3.59. The van der Waals surface area contributed by atoms with E-state index in [1.165, 1.54) is 12.1 Å². The van der Waals surface area contributed by atoms with Crippen LogP contribution in [0.5, 0.6) is 0 Å². The topological polar surface area (TPSA) is 98.8 Å². The van der Waals surface area contributed by atoms with Crippen molar-refractivity contribution in [1.82, 2.24) is 19.8 Å². The number of nitrogens with zero attached hydrogens (tertiary/aromatic N) is 2. The van der Waals surface area contributed by atoms with Gasteiger partial charge in [0.1, 0.15) is 0 Å². The van der Waals surface area contributed by atoms with Gasteiger partial charge in [-0.3, -0.25) is 14.5 Å². The fourth-order valence-corrected chi connectivity index (χ4v) is 4.57. The van der Waals surface area contributed by atoms with Gasteiger partial charge in [-0.05, 0) is 49.9 Å². The van der Waals surface area contributed by atoms with Crippen LogP contribution in [0.2, 0.25) is 0 Å². The molecule has 1 aliphatic heterocycles. The molecule has 3 aliphatic rings. The van der Waals surface area contributed by atoms with Crippen LogP contribution in [0.25, 0.3) is 0 Å². The van der Waals surface area contributed by atoms with Crippen LogP contribution < -0.4 is 10.0 Å². The number of hydrogen-bond acceptors (Lipinski definition) is 5. The molecule has 9 heteroatoms. The Labute approximate surface area is 165 Å². The van der Waals surface area contributed by atoms with Crippen LogP contribution >= 0.6 is 0 Å². The first-order valence-corrected chi connectivity index (χ1v) is 11.3. The molecule has 2 saturated carbocycles. The molecule has 1 aromatic rings. The van der Waals surface area contributed by atoms with Crippen LogP contribution in [-0.4, -0.2) is 74.8 Å². The van der Waals surface area contributed by atoms with Crippen molar-refractivity contribution in [2.75, 3.05) is 32.7 Å². The van der Waals surface area contributed by atoms with E-state index in [0.717, 1.165) is 25.7 Å². The highest BCUT2D eigenvalue weighted by Crippen LogP contribution is 2.22. The normalized spacial score (nSPS) is 20.8. The monoisotopic (exact) mass is 406 g/mol. The molecule has 1 saturated heterocycles. The lowest BCUT2D eigenvalue weighted by Gasteiger charge is -2.34. The summed E-state index contributed by atoms with van der Waals surface area (Å²) in [5, 5.41) is 2.98. The summed E-state index contributed by atoms with van der Waals surface area (Å²) in [5.41, 5.74) is 0.477. The molecule has 0 radical (unpaired) electrons. The predicted octanol–water partition coefficient (Wildman–Crippen LogP) is 0.164. The number of hydrogen-bond donors (Lipinski definition) is 2. The third kappa shape index (κ3) is 4.89. The molecule has 1 aromatic carbocycles. The average molecular weight is 407 g/mol. The number of carbonyl (C=O) groups excluding carboxylic acids is 2. The quantitative estimate of drug-likeness (QED) is 0.672. The Bertz CT molecular complexity index is 839. The minimum Gasteiger partial charge on any atom is -0.352 e. The zero-order valence-corrected chi connectivity index (χ0v) is 16.6.